The van der Waals surface area contributed by atoms with Crippen LogP contribution in [0.5, 0.6) is 0 Å². The molecule has 0 unspecified atom stereocenters. The highest BCUT2D eigenvalue weighted by Crippen LogP contribution is 2.40. The second-order valence-corrected chi connectivity index (χ2v) is 7.09. The lowest BCUT2D eigenvalue weighted by molar-refractivity contribution is 0.0477. The zero-order chi connectivity index (χ0) is 17.3. The summed E-state index contributed by atoms with van der Waals surface area (Å²) in [5.41, 5.74) is 5.72. The van der Waals surface area contributed by atoms with E-state index in [4.69, 9.17) is 4.74 Å². The maximum Gasteiger partial charge on any atom is 0.229 e. The van der Waals surface area contributed by atoms with Crippen molar-refractivity contribution in [3.8, 4) is 0 Å². The van der Waals surface area contributed by atoms with Gasteiger partial charge in [0.25, 0.3) is 0 Å². The third-order valence-corrected chi connectivity index (χ3v) is 5.50. The minimum absolute atomic E-state index is 0.104. The van der Waals surface area contributed by atoms with Gasteiger partial charge in [-0.25, -0.2) is 0 Å². The van der Waals surface area contributed by atoms with E-state index in [9.17, 15) is 9.59 Å². The van der Waals surface area contributed by atoms with Gasteiger partial charge in [0.05, 0.1) is 5.57 Å². The number of rotatable bonds is 0. The Bertz CT molecular complexity index is 848. The van der Waals surface area contributed by atoms with Gasteiger partial charge in [-0.3, -0.25) is 9.59 Å². The summed E-state index contributed by atoms with van der Waals surface area (Å²) in [6, 6.07) is 0. The number of ether oxygens (including phenoxy) is 1. The van der Waals surface area contributed by atoms with Crippen LogP contribution in [0.2, 0.25) is 0 Å². The molecular formula is C20H22O3. The molecule has 0 N–H and O–H groups in total. The van der Waals surface area contributed by atoms with E-state index >= 15 is 0 Å². The van der Waals surface area contributed by atoms with Crippen LogP contribution in [-0.4, -0.2) is 17.2 Å². The summed E-state index contributed by atoms with van der Waals surface area (Å²) >= 11 is 0. The summed E-state index contributed by atoms with van der Waals surface area (Å²) in [7, 11) is 0. The van der Waals surface area contributed by atoms with Gasteiger partial charge in [-0.05, 0) is 82.4 Å². The molecule has 0 atom stereocenters. The average molecular weight is 310 g/mol. The Hall–Kier alpha value is -2.16. The van der Waals surface area contributed by atoms with Gasteiger partial charge in [-0.1, -0.05) is 0 Å². The zero-order valence-electron chi connectivity index (χ0n) is 14.8. The molecule has 120 valence electrons. The van der Waals surface area contributed by atoms with Crippen molar-refractivity contribution in [2.45, 2.75) is 54.1 Å². The predicted octanol–water partition coefficient (Wildman–Crippen LogP) is 4.31. The standard InChI is InChI=1S/C20H22O3/c1-9-8-14-17(21)15-12(4)10(2)11(3)13(5)16(15)18(22)19(14)23-20(9,6)7/h8H,1-7H3. The van der Waals surface area contributed by atoms with Crippen molar-refractivity contribution in [1.29, 1.82) is 0 Å². The number of hydrogen-bond acceptors (Lipinski definition) is 3. The largest absolute Gasteiger partial charge is 0.479 e. The molecule has 0 radical (unpaired) electrons. The van der Waals surface area contributed by atoms with E-state index < -0.39 is 5.60 Å². The van der Waals surface area contributed by atoms with Crippen molar-refractivity contribution in [1.82, 2.24) is 0 Å². The molecule has 3 heteroatoms. The molecule has 0 saturated carbocycles. The first kappa shape index (κ1) is 15.7. The van der Waals surface area contributed by atoms with Crippen molar-refractivity contribution in [3.05, 3.63) is 56.4 Å². The monoisotopic (exact) mass is 310 g/mol. The van der Waals surface area contributed by atoms with Gasteiger partial charge in [0, 0.05) is 11.1 Å². The first-order valence-corrected chi connectivity index (χ1v) is 7.89. The summed E-state index contributed by atoms with van der Waals surface area (Å²) in [6.45, 7) is 13.6. The van der Waals surface area contributed by atoms with Crippen molar-refractivity contribution in [2.24, 2.45) is 0 Å². The van der Waals surface area contributed by atoms with E-state index in [2.05, 4.69) is 0 Å². The summed E-state index contributed by atoms with van der Waals surface area (Å²) in [4.78, 5) is 26.1. The van der Waals surface area contributed by atoms with Crippen molar-refractivity contribution in [2.75, 3.05) is 0 Å². The Morgan fingerprint density at radius 3 is 1.78 bits per heavy atom. The molecule has 1 aromatic rings. The predicted molar refractivity (Wildman–Crippen MR) is 90.0 cm³/mol. The maximum atomic E-state index is 13.1. The van der Waals surface area contributed by atoms with E-state index in [1.165, 1.54) is 0 Å². The topological polar surface area (TPSA) is 43.4 Å². The van der Waals surface area contributed by atoms with E-state index in [-0.39, 0.29) is 17.3 Å². The fraction of sp³-hybridized carbons (Fsp3) is 0.400. The van der Waals surface area contributed by atoms with Gasteiger partial charge in [0.1, 0.15) is 5.60 Å². The number of Topliss-reactive ketones (excluding diaryl/α,β-unsaturated/α-hetero) is 2. The molecule has 1 aromatic carbocycles. The third kappa shape index (κ3) is 1.95. The van der Waals surface area contributed by atoms with Crippen LogP contribution in [-0.2, 0) is 4.74 Å². The number of ketones is 2. The van der Waals surface area contributed by atoms with Crippen LogP contribution in [0.25, 0.3) is 0 Å². The van der Waals surface area contributed by atoms with Gasteiger partial charge in [-0.2, -0.15) is 0 Å². The Labute approximate surface area is 137 Å². The van der Waals surface area contributed by atoms with Crippen LogP contribution >= 0.6 is 0 Å². The maximum absolute atomic E-state index is 13.1. The van der Waals surface area contributed by atoms with Gasteiger partial charge >= 0.3 is 0 Å². The highest BCUT2D eigenvalue weighted by Gasteiger charge is 2.41. The molecule has 3 nitrogen and oxygen atoms in total. The number of benzene rings is 1. The highest BCUT2D eigenvalue weighted by molar-refractivity contribution is 6.28. The van der Waals surface area contributed by atoms with Crippen LogP contribution in [0.1, 0.15) is 63.7 Å². The quantitative estimate of drug-likeness (QED) is 0.717. The Morgan fingerprint density at radius 2 is 1.26 bits per heavy atom. The number of carbonyl (C=O) groups is 2. The van der Waals surface area contributed by atoms with Gasteiger partial charge in [-0.15, -0.1) is 0 Å². The molecule has 0 saturated heterocycles. The van der Waals surface area contributed by atoms with Crippen LogP contribution in [0.4, 0.5) is 0 Å². The molecule has 0 fully saturated rings. The molecule has 0 spiro atoms. The van der Waals surface area contributed by atoms with Crippen LogP contribution in [0, 0.1) is 27.7 Å². The van der Waals surface area contributed by atoms with Crippen molar-refractivity contribution >= 4 is 11.6 Å². The first-order chi connectivity index (χ1) is 10.6. The molecule has 1 aliphatic carbocycles. The molecule has 0 aromatic heterocycles. The fourth-order valence-corrected chi connectivity index (χ4v) is 3.31. The average Bonchev–Trinajstić information content (AvgIpc) is 2.48. The van der Waals surface area contributed by atoms with Crippen LogP contribution in [0.3, 0.4) is 0 Å². The van der Waals surface area contributed by atoms with E-state index in [1.807, 2.05) is 54.5 Å². The van der Waals surface area contributed by atoms with Crippen molar-refractivity contribution in [3.63, 3.8) is 0 Å². The summed E-state index contributed by atoms with van der Waals surface area (Å²) < 4.78 is 5.94. The van der Waals surface area contributed by atoms with E-state index in [0.29, 0.717) is 16.7 Å². The summed E-state index contributed by atoms with van der Waals surface area (Å²) in [5, 5.41) is 0. The summed E-state index contributed by atoms with van der Waals surface area (Å²) in [6.07, 6.45) is 1.81. The third-order valence-electron chi connectivity index (χ3n) is 5.50. The second-order valence-electron chi connectivity index (χ2n) is 7.09. The van der Waals surface area contributed by atoms with Gasteiger partial charge in [0.2, 0.25) is 5.78 Å². The lowest BCUT2D eigenvalue weighted by Crippen LogP contribution is -2.36. The highest BCUT2D eigenvalue weighted by atomic mass is 16.5. The molecule has 1 heterocycles. The molecule has 1 aliphatic heterocycles. The van der Waals surface area contributed by atoms with E-state index in [0.717, 1.165) is 27.8 Å². The smallest absolute Gasteiger partial charge is 0.229 e. The van der Waals surface area contributed by atoms with Gasteiger partial charge < -0.3 is 4.74 Å². The second kappa shape index (κ2) is 4.67. The van der Waals surface area contributed by atoms with Crippen LogP contribution in [0.15, 0.2) is 23.0 Å². The number of fused-ring (bicyclic) bond motifs is 1. The molecule has 0 bridgehead atoms. The van der Waals surface area contributed by atoms with E-state index in [1.54, 1.807) is 0 Å². The Morgan fingerprint density at radius 1 is 0.783 bits per heavy atom. The number of carbonyl (C=O) groups excluding carboxylic acids is 2. The lowest BCUT2D eigenvalue weighted by atomic mass is 9.77. The Balaban J connectivity index is 2.35. The lowest BCUT2D eigenvalue weighted by Gasteiger charge is -2.35. The molecular weight excluding hydrogens is 288 g/mol. The summed E-state index contributed by atoms with van der Waals surface area (Å²) in [5.74, 6) is -0.0767. The first-order valence-electron chi connectivity index (χ1n) is 7.89. The molecule has 2 aliphatic rings. The molecule has 23 heavy (non-hydrogen) atoms. The van der Waals surface area contributed by atoms with Gasteiger partial charge in [0.15, 0.2) is 11.5 Å². The number of hydrogen-bond donors (Lipinski definition) is 0. The normalized spacial score (nSPS) is 19.2. The SMILES string of the molecule is CC1=CC2=C(OC1(C)C)C(=O)c1c(C)c(C)c(C)c(C)c1C2=O. The Kier molecular flexibility index (Phi) is 3.19. The minimum atomic E-state index is -0.574. The number of allylic oxidation sites excluding steroid dienone is 3. The minimum Gasteiger partial charge on any atom is -0.479 e. The molecule has 0 amide bonds. The fourth-order valence-electron chi connectivity index (χ4n) is 3.31. The van der Waals surface area contributed by atoms with Crippen LogP contribution < -0.4 is 0 Å². The van der Waals surface area contributed by atoms with Crippen molar-refractivity contribution < 1.29 is 14.3 Å². The molecule has 3 rings (SSSR count). The zero-order valence-corrected chi connectivity index (χ0v) is 14.8.